The quantitative estimate of drug-likeness (QED) is 0.794. The Morgan fingerprint density at radius 3 is 3.22 bits per heavy atom. The second kappa shape index (κ2) is 6.87. The summed E-state index contributed by atoms with van der Waals surface area (Å²) in [4.78, 5) is 28.8. The number of aliphatic imine (C=N–C) groups is 1. The molecule has 4 aliphatic rings. The molecule has 1 N–H and O–H groups in total. The average Bonchev–Trinajstić information content (AvgIpc) is 3.12. The average molecular weight is 382 g/mol. The number of rotatable bonds is 2. The Hall–Kier alpha value is -1.99. The highest BCUT2D eigenvalue weighted by molar-refractivity contribution is 8.01. The van der Waals surface area contributed by atoms with Crippen LogP contribution in [0.3, 0.4) is 0 Å². The number of nitrogens with zero attached hydrogens (tertiary/aromatic N) is 4. The lowest BCUT2D eigenvalue weighted by Gasteiger charge is -2.41. The first kappa shape index (κ1) is 17.1. The van der Waals surface area contributed by atoms with Crippen molar-refractivity contribution >= 4 is 23.4 Å². The second-order valence-corrected chi connectivity index (χ2v) is 8.87. The summed E-state index contributed by atoms with van der Waals surface area (Å²) in [5.74, 6) is 1.36. The first-order chi connectivity index (χ1) is 13.3. The smallest absolute Gasteiger partial charge is 0.227 e. The Kier molecular flexibility index (Phi) is 4.36. The van der Waals surface area contributed by atoms with Crippen molar-refractivity contribution in [2.24, 2.45) is 16.8 Å². The summed E-state index contributed by atoms with van der Waals surface area (Å²) >= 11 is 1.93. The van der Waals surface area contributed by atoms with Gasteiger partial charge in [0.1, 0.15) is 6.33 Å². The van der Waals surface area contributed by atoms with Crippen LogP contribution in [0, 0.1) is 11.8 Å². The fourth-order valence-electron chi connectivity index (χ4n) is 4.82. The number of carbonyl (C=O) groups is 1. The van der Waals surface area contributed by atoms with Crippen LogP contribution in [-0.4, -0.2) is 56.6 Å². The molecule has 0 radical (unpaired) electrons. The third-order valence-electron chi connectivity index (χ3n) is 6.19. The van der Waals surface area contributed by atoms with E-state index in [4.69, 9.17) is 0 Å². The number of aromatic nitrogens is 2. The van der Waals surface area contributed by atoms with Gasteiger partial charge < -0.3 is 10.2 Å². The Bertz CT molecular complexity index is 823. The molecule has 1 aliphatic carbocycles. The Morgan fingerprint density at radius 1 is 1.37 bits per heavy atom. The van der Waals surface area contributed by atoms with Crippen molar-refractivity contribution < 1.29 is 4.79 Å². The van der Waals surface area contributed by atoms with E-state index >= 15 is 0 Å². The number of amides is 1. The van der Waals surface area contributed by atoms with Crippen LogP contribution in [0.5, 0.6) is 0 Å². The number of nitrogens with one attached hydrogen (secondary N) is 1. The van der Waals surface area contributed by atoms with Crippen LogP contribution >= 0.6 is 11.8 Å². The molecule has 0 saturated carbocycles. The van der Waals surface area contributed by atoms with Crippen molar-refractivity contribution in [3.05, 3.63) is 48.7 Å². The lowest BCUT2D eigenvalue weighted by molar-refractivity contribution is -0.139. The van der Waals surface area contributed by atoms with Gasteiger partial charge in [-0.05, 0) is 12.5 Å². The summed E-state index contributed by atoms with van der Waals surface area (Å²) in [5.41, 5.74) is 2.15. The summed E-state index contributed by atoms with van der Waals surface area (Å²) in [6, 6.07) is 1.89. The van der Waals surface area contributed by atoms with E-state index < -0.39 is 0 Å². The molecule has 7 heteroatoms. The number of piperazine rings is 1. The van der Waals surface area contributed by atoms with Crippen LogP contribution in [0.2, 0.25) is 0 Å². The normalized spacial score (nSPS) is 34.7. The van der Waals surface area contributed by atoms with E-state index in [2.05, 4.69) is 38.5 Å². The lowest BCUT2D eigenvalue weighted by Crippen LogP contribution is -2.53. The van der Waals surface area contributed by atoms with Gasteiger partial charge in [0, 0.05) is 55.8 Å². The standard InChI is InChI=1S/C20H23N5OS/c26-19(25-10-9-21-11-17(25)16-5-7-22-13-24-16)14-12-27-20-6-2-1-3-18(20)23-8-4-15(14)20/h1-2,4-5,7-8,13-15,17,21H,3,6,9-12H2. The first-order valence-electron chi connectivity index (χ1n) is 9.59. The Labute approximate surface area is 163 Å². The van der Waals surface area contributed by atoms with Crippen molar-refractivity contribution in [3.8, 4) is 0 Å². The van der Waals surface area contributed by atoms with E-state index in [1.807, 2.05) is 28.9 Å². The Morgan fingerprint density at radius 2 is 2.33 bits per heavy atom. The molecule has 1 spiro atoms. The minimum absolute atomic E-state index is 0.00527. The Balaban J connectivity index is 1.43. The minimum Gasteiger partial charge on any atom is -0.331 e. The van der Waals surface area contributed by atoms with Crippen LogP contribution < -0.4 is 5.32 Å². The molecule has 1 amide bonds. The van der Waals surface area contributed by atoms with Crippen molar-refractivity contribution in [1.29, 1.82) is 0 Å². The molecule has 140 valence electrons. The fraction of sp³-hybridized carbons (Fsp3) is 0.500. The van der Waals surface area contributed by atoms with Gasteiger partial charge in [0.2, 0.25) is 5.91 Å². The van der Waals surface area contributed by atoms with Crippen LogP contribution in [0.15, 0.2) is 48.0 Å². The molecule has 2 fully saturated rings. The van der Waals surface area contributed by atoms with Crippen LogP contribution in [0.25, 0.3) is 0 Å². The summed E-state index contributed by atoms with van der Waals surface area (Å²) in [6.07, 6.45) is 13.8. The van der Waals surface area contributed by atoms with E-state index in [-0.39, 0.29) is 28.5 Å². The summed E-state index contributed by atoms with van der Waals surface area (Å²) in [5, 5.41) is 3.41. The zero-order valence-electron chi connectivity index (χ0n) is 15.1. The predicted molar refractivity (Wildman–Crippen MR) is 106 cm³/mol. The molecule has 1 aromatic heterocycles. The molecule has 0 aromatic carbocycles. The number of hydrogen-bond donors (Lipinski definition) is 1. The monoisotopic (exact) mass is 381 g/mol. The van der Waals surface area contributed by atoms with Crippen molar-refractivity contribution in [3.63, 3.8) is 0 Å². The maximum atomic E-state index is 13.7. The van der Waals surface area contributed by atoms with Gasteiger partial charge in [0.15, 0.2) is 0 Å². The van der Waals surface area contributed by atoms with Gasteiger partial charge in [-0.1, -0.05) is 18.2 Å². The molecule has 2 saturated heterocycles. The largest absolute Gasteiger partial charge is 0.331 e. The van der Waals surface area contributed by atoms with E-state index in [0.717, 1.165) is 43.9 Å². The minimum atomic E-state index is -0.0252. The first-order valence-corrected chi connectivity index (χ1v) is 10.6. The van der Waals surface area contributed by atoms with Gasteiger partial charge in [-0.3, -0.25) is 9.79 Å². The van der Waals surface area contributed by atoms with Gasteiger partial charge in [-0.15, -0.1) is 11.8 Å². The molecule has 4 atom stereocenters. The van der Waals surface area contributed by atoms with Gasteiger partial charge >= 0.3 is 0 Å². The van der Waals surface area contributed by atoms with Crippen molar-refractivity contribution in [1.82, 2.24) is 20.2 Å². The molecule has 1 aromatic rings. The molecule has 3 aliphatic heterocycles. The highest BCUT2D eigenvalue weighted by atomic mass is 32.2. The molecule has 27 heavy (non-hydrogen) atoms. The van der Waals surface area contributed by atoms with Crippen LogP contribution in [0.4, 0.5) is 0 Å². The summed E-state index contributed by atoms with van der Waals surface area (Å²) < 4.78 is -0.0116. The number of allylic oxidation sites excluding steroid dienone is 3. The maximum Gasteiger partial charge on any atom is 0.227 e. The second-order valence-electron chi connectivity index (χ2n) is 7.52. The van der Waals surface area contributed by atoms with Gasteiger partial charge in [-0.2, -0.15) is 0 Å². The zero-order chi connectivity index (χ0) is 18.3. The van der Waals surface area contributed by atoms with E-state index in [0.29, 0.717) is 0 Å². The number of thioether (sulfide) groups is 1. The van der Waals surface area contributed by atoms with Crippen molar-refractivity contribution in [2.75, 3.05) is 25.4 Å². The molecular formula is C20H23N5OS. The third-order valence-corrected chi connectivity index (χ3v) is 7.91. The molecule has 0 bridgehead atoms. The molecule has 5 rings (SSSR count). The zero-order valence-corrected chi connectivity index (χ0v) is 15.9. The van der Waals surface area contributed by atoms with Gasteiger partial charge in [0.25, 0.3) is 0 Å². The van der Waals surface area contributed by atoms with E-state index in [1.54, 1.807) is 12.5 Å². The van der Waals surface area contributed by atoms with Gasteiger partial charge in [-0.25, -0.2) is 9.97 Å². The number of hydrogen-bond acceptors (Lipinski definition) is 6. The van der Waals surface area contributed by atoms with Crippen LogP contribution in [-0.2, 0) is 4.79 Å². The topological polar surface area (TPSA) is 70.5 Å². The fourth-order valence-corrected chi connectivity index (χ4v) is 6.60. The summed E-state index contributed by atoms with van der Waals surface area (Å²) in [7, 11) is 0. The lowest BCUT2D eigenvalue weighted by atomic mass is 9.73. The van der Waals surface area contributed by atoms with Gasteiger partial charge in [0.05, 0.1) is 22.4 Å². The van der Waals surface area contributed by atoms with E-state index in [1.165, 1.54) is 5.71 Å². The highest BCUT2D eigenvalue weighted by Crippen LogP contribution is 2.54. The van der Waals surface area contributed by atoms with Crippen LogP contribution in [0.1, 0.15) is 24.6 Å². The highest BCUT2D eigenvalue weighted by Gasteiger charge is 2.55. The molecule has 6 nitrogen and oxygen atoms in total. The summed E-state index contributed by atoms with van der Waals surface area (Å²) in [6.45, 7) is 2.29. The molecular weight excluding hydrogens is 358 g/mol. The van der Waals surface area contributed by atoms with Crippen molar-refractivity contribution in [2.45, 2.75) is 23.6 Å². The maximum absolute atomic E-state index is 13.7. The SMILES string of the molecule is O=C(C1CSC23CC=CCC2=NC=CC13)N1CCNCC1c1ccncn1. The third kappa shape index (κ3) is 2.75. The van der Waals surface area contributed by atoms with E-state index in [9.17, 15) is 4.79 Å². The molecule has 4 unspecified atom stereocenters. The molecule has 4 heterocycles. The number of carbonyl (C=O) groups excluding carboxylic acids is 1. The predicted octanol–water partition coefficient (Wildman–Crippen LogP) is 1.99.